The summed E-state index contributed by atoms with van der Waals surface area (Å²) in [6.45, 7) is 0.715. The van der Waals surface area contributed by atoms with Crippen molar-refractivity contribution in [2.45, 2.75) is 44.9 Å². The molecule has 2 N–H and O–H groups in total. The van der Waals surface area contributed by atoms with Crippen molar-refractivity contribution in [3.05, 3.63) is 17.3 Å². The molecule has 0 saturated carbocycles. The number of hydrogen-bond donors (Lipinski definition) is 1. The summed E-state index contributed by atoms with van der Waals surface area (Å²) < 4.78 is 5.72. The van der Waals surface area contributed by atoms with Crippen molar-refractivity contribution in [1.29, 1.82) is 0 Å². The van der Waals surface area contributed by atoms with Gasteiger partial charge in [0.1, 0.15) is 5.76 Å². The van der Waals surface area contributed by atoms with Gasteiger partial charge in [0.25, 0.3) is 0 Å². The summed E-state index contributed by atoms with van der Waals surface area (Å²) in [6, 6.07) is 0. The van der Waals surface area contributed by atoms with Gasteiger partial charge in [0.15, 0.2) is 5.89 Å². The van der Waals surface area contributed by atoms with E-state index in [0.29, 0.717) is 6.54 Å². The van der Waals surface area contributed by atoms with E-state index < -0.39 is 0 Å². The van der Waals surface area contributed by atoms with E-state index in [-0.39, 0.29) is 0 Å². The Morgan fingerprint density at radius 1 is 1.21 bits per heavy atom. The minimum Gasteiger partial charge on any atom is -0.445 e. The van der Waals surface area contributed by atoms with Gasteiger partial charge in [0.05, 0.1) is 5.69 Å². The van der Waals surface area contributed by atoms with Gasteiger partial charge in [0.2, 0.25) is 0 Å². The van der Waals surface area contributed by atoms with Crippen LogP contribution in [0.3, 0.4) is 0 Å². The van der Waals surface area contributed by atoms with Crippen LogP contribution in [-0.4, -0.2) is 11.5 Å². The number of aromatic nitrogens is 1. The topological polar surface area (TPSA) is 52.0 Å². The van der Waals surface area contributed by atoms with Gasteiger partial charge in [-0.2, -0.15) is 0 Å². The molecule has 3 heteroatoms. The van der Waals surface area contributed by atoms with E-state index in [9.17, 15) is 0 Å². The fourth-order valence-electron chi connectivity index (χ4n) is 1.94. The Bertz CT molecular complexity index is 270. The van der Waals surface area contributed by atoms with Crippen LogP contribution in [0.15, 0.2) is 4.42 Å². The Morgan fingerprint density at radius 3 is 2.93 bits per heavy atom. The van der Waals surface area contributed by atoms with Crippen LogP contribution >= 0.6 is 0 Å². The summed E-state index contributed by atoms with van der Waals surface area (Å²) in [7, 11) is 0. The number of rotatable bonds is 3. The van der Waals surface area contributed by atoms with E-state index in [1.54, 1.807) is 0 Å². The maximum absolute atomic E-state index is 5.72. The third-order valence-corrected chi connectivity index (χ3v) is 2.73. The third kappa shape index (κ3) is 2.15. The van der Waals surface area contributed by atoms with E-state index in [0.717, 1.165) is 37.3 Å². The van der Waals surface area contributed by atoms with E-state index in [2.05, 4.69) is 4.98 Å². The molecule has 0 spiro atoms. The standard InChI is InChI=1S/C11H18N2O/c12-8-4-7-11-13-9-5-2-1-3-6-10(9)14-11/h1-8,12H2. The first-order valence-corrected chi connectivity index (χ1v) is 5.57. The van der Waals surface area contributed by atoms with Gasteiger partial charge in [-0.15, -0.1) is 0 Å². The summed E-state index contributed by atoms with van der Waals surface area (Å²) in [6.07, 6.45) is 7.85. The summed E-state index contributed by atoms with van der Waals surface area (Å²) >= 11 is 0. The fraction of sp³-hybridized carbons (Fsp3) is 0.727. The number of hydrogen-bond acceptors (Lipinski definition) is 3. The minimum absolute atomic E-state index is 0.715. The van der Waals surface area contributed by atoms with E-state index in [4.69, 9.17) is 10.2 Å². The quantitative estimate of drug-likeness (QED) is 0.747. The van der Waals surface area contributed by atoms with Crippen molar-refractivity contribution in [2.24, 2.45) is 5.73 Å². The number of nitrogens with two attached hydrogens (primary N) is 1. The first-order valence-electron chi connectivity index (χ1n) is 5.57. The van der Waals surface area contributed by atoms with Gasteiger partial charge < -0.3 is 10.2 Å². The van der Waals surface area contributed by atoms with E-state index in [1.165, 1.54) is 25.0 Å². The lowest BCUT2D eigenvalue weighted by Gasteiger charge is -1.93. The Hall–Kier alpha value is -0.830. The van der Waals surface area contributed by atoms with E-state index >= 15 is 0 Å². The monoisotopic (exact) mass is 194 g/mol. The third-order valence-electron chi connectivity index (χ3n) is 2.73. The molecule has 14 heavy (non-hydrogen) atoms. The summed E-state index contributed by atoms with van der Waals surface area (Å²) in [5.41, 5.74) is 6.66. The molecule has 0 atom stereocenters. The van der Waals surface area contributed by atoms with Gasteiger partial charge in [-0.05, 0) is 32.2 Å². The average molecular weight is 194 g/mol. The smallest absolute Gasteiger partial charge is 0.194 e. The molecule has 1 aliphatic rings. The van der Waals surface area contributed by atoms with Crippen LogP contribution in [0.25, 0.3) is 0 Å². The van der Waals surface area contributed by atoms with Gasteiger partial charge in [0, 0.05) is 12.8 Å². The predicted octanol–water partition coefficient (Wildman–Crippen LogP) is 1.83. The highest BCUT2D eigenvalue weighted by molar-refractivity contribution is 5.12. The number of oxazole rings is 1. The molecule has 1 aromatic rings. The molecule has 78 valence electrons. The lowest BCUT2D eigenvalue weighted by molar-refractivity contribution is 0.445. The molecule has 0 amide bonds. The molecule has 0 aromatic carbocycles. The highest BCUT2D eigenvalue weighted by Gasteiger charge is 2.14. The number of fused-ring (bicyclic) bond motifs is 1. The molecular weight excluding hydrogens is 176 g/mol. The SMILES string of the molecule is NCCCc1nc2c(o1)CCCCC2. The molecule has 1 heterocycles. The highest BCUT2D eigenvalue weighted by atomic mass is 16.4. The maximum Gasteiger partial charge on any atom is 0.194 e. The van der Waals surface area contributed by atoms with Crippen molar-refractivity contribution >= 4 is 0 Å². The van der Waals surface area contributed by atoms with Crippen LogP contribution < -0.4 is 5.73 Å². The molecule has 0 fully saturated rings. The van der Waals surface area contributed by atoms with Crippen LogP contribution in [0.5, 0.6) is 0 Å². The zero-order chi connectivity index (χ0) is 9.80. The largest absolute Gasteiger partial charge is 0.445 e. The zero-order valence-electron chi connectivity index (χ0n) is 8.59. The van der Waals surface area contributed by atoms with Crippen molar-refractivity contribution in [3.63, 3.8) is 0 Å². The molecule has 0 bridgehead atoms. The lowest BCUT2D eigenvalue weighted by atomic mass is 10.2. The molecule has 1 aromatic heterocycles. The Balaban J connectivity index is 2.06. The van der Waals surface area contributed by atoms with Gasteiger partial charge in [-0.1, -0.05) is 6.42 Å². The normalized spacial score (nSPS) is 16.4. The summed E-state index contributed by atoms with van der Waals surface area (Å²) in [5.74, 6) is 2.02. The zero-order valence-corrected chi connectivity index (χ0v) is 8.59. The Kier molecular flexibility index (Phi) is 3.19. The van der Waals surface area contributed by atoms with E-state index in [1.807, 2.05) is 0 Å². The van der Waals surface area contributed by atoms with Crippen LogP contribution in [-0.2, 0) is 19.3 Å². The molecule has 1 aliphatic carbocycles. The van der Waals surface area contributed by atoms with Crippen molar-refractivity contribution in [3.8, 4) is 0 Å². The van der Waals surface area contributed by atoms with Crippen LogP contribution in [0, 0.1) is 0 Å². The molecule has 2 rings (SSSR count). The van der Waals surface area contributed by atoms with Gasteiger partial charge in [-0.3, -0.25) is 0 Å². The average Bonchev–Trinajstić information content (AvgIpc) is 2.46. The van der Waals surface area contributed by atoms with Crippen molar-refractivity contribution < 1.29 is 4.42 Å². The van der Waals surface area contributed by atoms with Crippen LogP contribution in [0.2, 0.25) is 0 Å². The summed E-state index contributed by atoms with van der Waals surface area (Å²) in [4.78, 5) is 4.53. The molecular formula is C11H18N2O. The molecule has 0 saturated heterocycles. The van der Waals surface area contributed by atoms with Gasteiger partial charge in [-0.25, -0.2) is 4.98 Å². The Morgan fingerprint density at radius 2 is 2.07 bits per heavy atom. The fourth-order valence-corrected chi connectivity index (χ4v) is 1.94. The molecule has 0 radical (unpaired) electrons. The van der Waals surface area contributed by atoms with Gasteiger partial charge >= 0.3 is 0 Å². The van der Waals surface area contributed by atoms with Crippen LogP contribution in [0.4, 0.5) is 0 Å². The molecule has 0 unspecified atom stereocenters. The Labute approximate surface area is 84.7 Å². The maximum atomic E-state index is 5.72. The van der Waals surface area contributed by atoms with Crippen molar-refractivity contribution in [2.75, 3.05) is 6.54 Å². The second kappa shape index (κ2) is 4.60. The predicted molar refractivity (Wildman–Crippen MR) is 55.1 cm³/mol. The first kappa shape index (κ1) is 9.71. The highest BCUT2D eigenvalue weighted by Crippen LogP contribution is 2.21. The number of nitrogens with zero attached hydrogens (tertiary/aromatic N) is 1. The van der Waals surface area contributed by atoms with Crippen molar-refractivity contribution in [1.82, 2.24) is 4.98 Å². The second-order valence-electron chi connectivity index (χ2n) is 3.93. The first-order chi connectivity index (χ1) is 6.90. The summed E-state index contributed by atoms with van der Waals surface area (Å²) in [5, 5.41) is 0. The molecule has 3 nitrogen and oxygen atoms in total. The lowest BCUT2D eigenvalue weighted by Crippen LogP contribution is -2.00. The van der Waals surface area contributed by atoms with Crippen LogP contribution in [0.1, 0.15) is 43.0 Å². The molecule has 0 aliphatic heterocycles. The second-order valence-corrected chi connectivity index (χ2v) is 3.93. The number of aryl methyl sites for hydroxylation is 3. The minimum atomic E-state index is 0.715.